The van der Waals surface area contributed by atoms with E-state index < -0.39 is 0 Å². The molecule has 2 aliphatic heterocycles. The maximum absolute atomic E-state index is 13.0. The van der Waals surface area contributed by atoms with Crippen molar-refractivity contribution in [3.63, 3.8) is 0 Å². The van der Waals surface area contributed by atoms with Gasteiger partial charge in [0.05, 0.1) is 17.2 Å². The van der Waals surface area contributed by atoms with E-state index in [0.29, 0.717) is 27.3 Å². The first kappa shape index (κ1) is 22.4. The number of thioether (sulfide) groups is 1. The molecular weight excluding hydrogens is 444 g/mol. The van der Waals surface area contributed by atoms with Gasteiger partial charge < -0.3 is 14.4 Å². The van der Waals surface area contributed by atoms with E-state index in [1.54, 1.807) is 12.1 Å². The zero-order valence-corrected chi connectivity index (χ0v) is 19.4. The van der Waals surface area contributed by atoms with Gasteiger partial charge in [-0.1, -0.05) is 36.1 Å². The van der Waals surface area contributed by atoms with Crippen molar-refractivity contribution in [3.05, 3.63) is 59.0 Å². The lowest BCUT2D eigenvalue weighted by molar-refractivity contribution is -0.132. The van der Waals surface area contributed by atoms with Crippen LogP contribution in [0.5, 0.6) is 11.5 Å². The minimum Gasteiger partial charge on any atom is -0.494 e. The molecular formula is C24H24N2O4S2. The number of hydrogen-bond donors (Lipinski definition) is 0. The maximum Gasteiger partial charge on any atom is 0.270 e. The summed E-state index contributed by atoms with van der Waals surface area (Å²) < 4.78 is 11.6. The molecule has 4 rings (SSSR count). The fourth-order valence-electron chi connectivity index (χ4n) is 3.56. The molecule has 2 aliphatic rings. The molecule has 8 heteroatoms. The average molecular weight is 469 g/mol. The quantitative estimate of drug-likeness (QED) is 0.441. The van der Waals surface area contributed by atoms with Gasteiger partial charge in [0.15, 0.2) is 10.9 Å². The van der Waals surface area contributed by atoms with Crippen molar-refractivity contribution in [2.24, 2.45) is 0 Å². The molecule has 166 valence electrons. The lowest BCUT2D eigenvalue weighted by Crippen LogP contribution is -2.32. The number of likely N-dealkylation sites (tertiary alicyclic amines) is 1. The molecule has 2 fully saturated rings. The van der Waals surface area contributed by atoms with E-state index in [9.17, 15) is 9.59 Å². The van der Waals surface area contributed by atoms with Crippen molar-refractivity contribution in [3.8, 4) is 11.5 Å². The van der Waals surface area contributed by atoms with Gasteiger partial charge >= 0.3 is 0 Å². The number of carbonyl (C=O) groups is 2. The van der Waals surface area contributed by atoms with Crippen LogP contribution in [0.15, 0.2) is 53.4 Å². The summed E-state index contributed by atoms with van der Waals surface area (Å²) >= 11 is 6.72. The van der Waals surface area contributed by atoms with Gasteiger partial charge in [-0.25, -0.2) is 0 Å². The zero-order valence-electron chi connectivity index (χ0n) is 17.8. The number of nitrogens with zero attached hydrogens (tertiary/aromatic N) is 2. The maximum atomic E-state index is 13.0. The van der Waals surface area contributed by atoms with Gasteiger partial charge in [0.2, 0.25) is 0 Å². The van der Waals surface area contributed by atoms with E-state index in [-0.39, 0.29) is 18.4 Å². The number of carbonyl (C=O) groups excluding carboxylic acids is 2. The van der Waals surface area contributed by atoms with Gasteiger partial charge in [0.25, 0.3) is 11.8 Å². The van der Waals surface area contributed by atoms with Crippen LogP contribution in [0.3, 0.4) is 0 Å². The third kappa shape index (κ3) is 5.14. The second-order valence-corrected chi connectivity index (χ2v) is 9.07. The van der Waals surface area contributed by atoms with Crippen molar-refractivity contribution in [2.45, 2.75) is 19.8 Å². The van der Waals surface area contributed by atoms with Crippen molar-refractivity contribution < 1.29 is 19.1 Å². The van der Waals surface area contributed by atoms with E-state index in [1.165, 1.54) is 16.7 Å². The van der Waals surface area contributed by atoms with Gasteiger partial charge in [-0.3, -0.25) is 14.5 Å². The van der Waals surface area contributed by atoms with Gasteiger partial charge in [0.1, 0.15) is 11.5 Å². The molecule has 0 aromatic heterocycles. The third-order valence-electron chi connectivity index (χ3n) is 5.20. The first-order chi connectivity index (χ1) is 15.5. The fraction of sp³-hybridized carbons (Fsp3) is 0.292. The molecule has 32 heavy (non-hydrogen) atoms. The Bertz CT molecular complexity index is 1030. The number of thiocarbonyl (C=S) groups is 1. The van der Waals surface area contributed by atoms with Crippen LogP contribution < -0.4 is 14.4 Å². The number of benzene rings is 2. The molecule has 0 bridgehead atoms. The van der Waals surface area contributed by atoms with Gasteiger partial charge in [0, 0.05) is 13.1 Å². The highest BCUT2D eigenvalue weighted by molar-refractivity contribution is 8.27. The Morgan fingerprint density at radius 2 is 1.66 bits per heavy atom. The van der Waals surface area contributed by atoms with Crippen LogP contribution in [0, 0.1) is 0 Å². The minimum absolute atomic E-state index is 0.0181. The van der Waals surface area contributed by atoms with E-state index in [4.69, 9.17) is 21.7 Å². The second kappa shape index (κ2) is 10.2. The number of hydrogen-bond acceptors (Lipinski definition) is 6. The summed E-state index contributed by atoms with van der Waals surface area (Å²) in [6.07, 6.45) is 3.93. The predicted molar refractivity (Wildman–Crippen MR) is 131 cm³/mol. The molecule has 0 atom stereocenters. The number of ether oxygens (including phenoxy) is 2. The second-order valence-electron chi connectivity index (χ2n) is 7.39. The highest BCUT2D eigenvalue weighted by Crippen LogP contribution is 2.36. The average Bonchev–Trinajstić information content (AvgIpc) is 3.43. The van der Waals surface area contributed by atoms with Crippen molar-refractivity contribution in [1.29, 1.82) is 0 Å². The number of amides is 2. The Balaban J connectivity index is 1.39. The summed E-state index contributed by atoms with van der Waals surface area (Å²) in [7, 11) is 0. The first-order valence-electron chi connectivity index (χ1n) is 10.6. The molecule has 0 aliphatic carbocycles. The number of rotatable bonds is 7. The Morgan fingerprint density at radius 3 is 2.31 bits per heavy atom. The van der Waals surface area contributed by atoms with E-state index in [1.807, 2.05) is 54.3 Å². The highest BCUT2D eigenvalue weighted by Gasteiger charge is 2.33. The summed E-state index contributed by atoms with van der Waals surface area (Å²) in [5.74, 6) is 1.24. The van der Waals surface area contributed by atoms with E-state index in [0.717, 1.165) is 37.2 Å². The zero-order chi connectivity index (χ0) is 22.5. The standard InChI is InChI=1S/C24H24N2O4S2/c1-2-29-19-11-7-18(8-12-19)26-23(28)21(32-24(26)31)15-17-5-9-20(10-6-17)30-16-22(27)25-13-3-4-14-25/h5-12,15H,2-4,13-14,16H2,1H3/b21-15-. The first-order valence-corrected chi connectivity index (χ1v) is 11.8. The van der Waals surface area contributed by atoms with Crippen molar-refractivity contribution in [2.75, 3.05) is 31.2 Å². The van der Waals surface area contributed by atoms with Crippen molar-refractivity contribution in [1.82, 2.24) is 4.90 Å². The van der Waals surface area contributed by atoms with E-state index in [2.05, 4.69) is 0 Å². The van der Waals surface area contributed by atoms with Gasteiger partial charge in [-0.2, -0.15) is 0 Å². The molecule has 2 aromatic carbocycles. The Kier molecular flexibility index (Phi) is 7.12. The minimum atomic E-state index is -0.152. The summed E-state index contributed by atoms with van der Waals surface area (Å²) in [6.45, 7) is 4.18. The molecule has 6 nitrogen and oxygen atoms in total. The number of anilines is 1. The molecule has 0 N–H and O–H groups in total. The Hall–Kier alpha value is -2.84. The SMILES string of the molecule is CCOc1ccc(N2C(=O)/C(=C/c3ccc(OCC(=O)N4CCCC4)cc3)SC2=S)cc1. The molecule has 2 heterocycles. The summed E-state index contributed by atoms with van der Waals surface area (Å²) in [6, 6.07) is 14.6. The molecule has 2 amide bonds. The normalized spacial score (nSPS) is 17.3. The fourth-order valence-corrected chi connectivity index (χ4v) is 4.86. The largest absolute Gasteiger partial charge is 0.494 e. The van der Waals surface area contributed by atoms with Crippen LogP contribution in [-0.4, -0.2) is 47.3 Å². The highest BCUT2D eigenvalue weighted by atomic mass is 32.2. The molecule has 0 radical (unpaired) electrons. The predicted octanol–water partition coefficient (Wildman–Crippen LogP) is 4.49. The topological polar surface area (TPSA) is 59.1 Å². The van der Waals surface area contributed by atoms with Crippen LogP contribution in [0.4, 0.5) is 5.69 Å². The molecule has 0 saturated carbocycles. The van der Waals surface area contributed by atoms with Crippen LogP contribution >= 0.6 is 24.0 Å². The van der Waals surface area contributed by atoms with Crippen molar-refractivity contribution >= 4 is 51.9 Å². The lowest BCUT2D eigenvalue weighted by atomic mass is 10.2. The van der Waals surface area contributed by atoms with Gasteiger partial charge in [-0.05, 0) is 67.8 Å². The smallest absolute Gasteiger partial charge is 0.270 e. The lowest BCUT2D eigenvalue weighted by Gasteiger charge is -2.15. The van der Waals surface area contributed by atoms with Crippen LogP contribution in [0.2, 0.25) is 0 Å². The molecule has 2 aromatic rings. The van der Waals surface area contributed by atoms with Crippen LogP contribution in [-0.2, 0) is 9.59 Å². The van der Waals surface area contributed by atoms with Crippen LogP contribution in [0.1, 0.15) is 25.3 Å². The summed E-state index contributed by atoms with van der Waals surface area (Å²) in [4.78, 5) is 29.0. The molecule has 2 saturated heterocycles. The summed E-state index contributed by atoms with van der Waals surface area (Å²) in [5, 5.41) is 0. The molecule has 0 spiro atoms. The van der Waals surface area contributed by atoms with Crippen LogP contribution in [0.25, 0.3) is 6.08 Å². The third-order valence-corrected chi connectivity index (χ3v) is 6.50. The monoisotopic (exact) mass is 468 g/mol. The Labute approximate surface area is 197 Å². The van der Waals surface area contributed by atoms with Gasteiger partial charge in [-0.15, -0.1) is 0 Å². The van der Waals surface area contributed by atoms with E-state index >= 15 is 0 Å². The Morgan fingerprint density at radius 1 is 1.03 bits per heavy atom. The molecule has 0 unspecified atom stereocenters. The summed E-state index contributed by atoms with van der Waals surface area (Å²) in [5.41, 5.74) is 1.57.